The van der Waals surface area contributed by atoms with Crippen molar-refractivity contribution < 1.29 is 0 Å². The Bertz CT molecular complexity index is 361. The minimum atomic E-state index is 0.599. The third-order valence-corrected chi connectivity index (χ3v) is 5.26. The van der Waals surface area contributed by atoms with Crippen molar-refractivity contribution >= 4 is 33.9 Å². The van der Waals surface area contributed by atoms with Gasteiger partial charge in [0.1, 0.15) is 5.01 Å². The fourth-order valence-corrected chi connectivity index (χ4v) is 3.96. The van der Waals surface area contributed by atoms with Gasteiger partial charge >= 0.3 is 0 Å². The van der Waals surface area contributed by atoms with Gasteiger partial charge in [0.25, 0.3) is 0 Å². The van der Waals surface area contributed by atoms with E-state index in [1.165, 1.54) is 40.4 Å². The lowest BCUT2D eigenvalue weighted by Gasteiger charge is -2.32. The van der Waals surface area contributed by atoms with E-state index in [0.717, 1.165) is 12.5 Å². The molecular weight excluding hydrogens is 357 g/mol. The summed E-state index contributed by atoms with van der Waals surface area (Å²) >= 11 is 4.17. The average molecular weight is 379 g/mol. The van der Waals surface area contributed by atoms with Gasteiger partial charge in [0, 0.05) is 12.6 Å². The molecular formula is C13H22IN3S. The van der Waals surface area contributed by atoms with Crippen LogP contribution in [0.15, 0.2) is 6.20 Å². The van der Waals surface area contributed by atoms with Gasteiger partial charge in [-0.15, -0.1) is 11.3 Å². The largest absolute Gasteiger partial charge is 0.317 e. The van der Waals surface area contributed by atoms with Crippen LogP contribution in [0.3, 0.4) is 0 Å². The number of aromatic nitrogens is 1. The molecule has 0 amide bonds. The first kappa shape index (κ1) is 14.7. The highest BCUT2D eigenvalue weighted by molar-refractivity contribution is 14.1. The molecule has 2 rings (SSSR count). The van der Waals surface area contributed by atoms with Crippen molar-refractivity contribution in [3.8, 4) is 0 Å². The molecule has 0 bridgehead atoms. The van der Waals surface area contributed by atoms with Crippen molar-refractivity contribution in [2.24, 2.45) is 5.92 Å². The molecule has 1 N–H and O–H groups in total. The zero-order chi connectivity index (χ0) is 13.0. The normalized spacial score (nSPS) is 17.8. The van der Waals surface area contributed by atoms with Crippen LogP contribution in [0.2, 0.25) is 0 Å². The molecule has 3 nitrogen and oxygen atoms in total. The summed E-state index contributed by atoms with van der Waals surface area (Å²) in [4.78, 5) is 7.06. The maximum Gasteiger partial charge on any atom is 0.108 e. The molecule has 0 aliphatic carbocycles. The lowest BCUT2D eigenvalue weighted by Crippen LogP contribution is -2.39. The second kappa shape index (κ2) is 7.17. The molecule has 1 aliphatic heterocycles. The molecule has 1 aromatic rings. The fraction of sp³-hybridized carbons (Fsp3) is 0.769. The van der Waals surface area contributed by atoms with Crippen LogP contribution >= 0.6 is 33.9 Å². The molecule has 1 aliphatic rings. The summed E-state index contributed by atoms with van der Waals surface area (Å²) in [5, 5.41) is 4.69. The van der Waals surface area contributed by atoms with Gasteiger partial charge in [-0.25, -0.2) is 4.98 Å². The number of halogens is 1. The summed E-state index contributed by atoms with van der Waals surface area (Å²) in [5.74, 6) is 0.854. The summed E-state index contributed by atoms with van der Waals surface area (Å²) < 4.78 is 1.29. The van der Waals surface area contributed by atoms with Crippen molar-refractivity contribution in [2.45, 2.75) is 39.3 Å². The molecule has 1 fully saturated rings. The lowest BCUT2D eigenvalue weighted by molar-refractivity contribution is 0.161. The summed E-state index contributed by atoms with van der Waals surface area (Å²) in [6, 6.07) is 0.599. The standard InChI is InChI=1S/C13H22IN3S/c1-10(2)17(8-11-3-5-15-6-4-11)9-13-16-7-12(14)18-13/h7,10-11,15H,3-6,8-9H2,1-2H3. The van der Waals surface area contributed by atoms with Gasteiger partial charge in [-0.05, 0) is 68.3 Å². The Kier molecular flexibility index (Phi) is 5.85. The van der Waals surface area contributed by atoms with E-state index in [9.17, 15) is 0 Å². The first-order chi connectivity index (χ1) is 8.65. The predicted molar refractivity (Wildman–Crippen MR) is 86.0 cm³/mol. The molecule has 0 saturated carbocycles. The van der Waals surface area contributed by atoms with Crippen LogP contribution in [0, 0.1) is 8.80 Å². The predicted octanol–water partition coefficient (Wildman–Crippen LogP) is 2.96. The Balaban J connectivity index is 1.90. The van der Waals surface area contributed by atoms with Gasteiger partial charge in [0.05, 0.1) is 15.6 Å². The summed E-state index contributed by atoms with van der Waals surface area (Å²) in [7, 11) is 0. The van der Waals surface area contributed by atoms with Crippen molar-refractivity contribution in [2.75, 3.05) is 19.6 Å². The number of thiazole rings is 1. The van der Waals surface area contributed by atoms with Crippen LogP contribution < -0.4 is 5.32 Å². The highest BCUT2D eigenvalue weighted by atomic mass is 127. The van der Waals surface area contributed by atoms with Gasteiger partial charge in [-0.2, -0.15) is 0 Å². The topological polar surface area (TPSA) is 28.2 Å². The Morgan fingerprint density at radius 3 is 2.78 bits per heavy atom. The average Bonchev–Trinajstić information content (AvgIpc) is 2.75. The molecule has 1 saturated heterocycles. The lowest BCUT2D eigenvalue weighted by atomic mass is 9.97. The van der Waals surface area contributed by atoms with Crippen molar-refractivity contribution in [3.05, 3.63) is 14.1 Å². The molecule has 0 unspecified atom stereocenters. The smallest absolute Gasteiger partial charge is 0.108 e. The Morgan fingerprint density at radius 1 is 1.50 bits per heavy atom. The molecule has 0 aromatic carbocycles. The van der Waals surface area contributed by atoms with E-state index in [1.807, 2.05) is 17.5 Å². The highest BCUT2D eigenvalue weighted by Crippen LogP contribution is 2.20. The van der Waals surface area contributed by atoms with E-state index in [4.69, 9.17) is 0 Å². The second-order valence-corrected chi connectivity index (χ2v) is 8.28. The number of rotatable bonds is 5. The van der Waals surface area contributed by atoms with E-state index in [1.54, 1.807) is 0 Å². The molecule has 5 heteroatoms. The zero-order valence-electron chi connectivity index (χ0n) is 11.2. The molecule has 102 valence electrons. The molecule has 18 heavy (non-hydrogen) atoms. The van der Waals surface area contributed by atoms with Crippen LogP contribution in [-0.2, 0) is 6.54 Å². The number of nitrogens with one attached hydrogen (secondary N) is 1. The van der Waals surface area contributed by atoms with Crippen LogP contribution in [-0.4, -0.2) is 35.6 Å². The maximum absolute atomic E-state index is 4.49. The van der Waals surface area contributed by atoms with Gasteiger partial charge in [-0.1, -0.05) is 0 Å². The SMILES string of the molecule is CC(C)N(Cc1ncc(I)s1)CC1CCNCC1. The summed E-state index contributed by atoms with van der Waals surface area (Å²) in [6.45, 7) is 9.18. The Morgan fingerprint density at radius 2 is 2.22 bits per heavy atom. The number of piperidine rings is 1. The minimum absolute atomic E-state index is 0.599. The van der Waals surface area contributed by atoms with Gasteiger partial charge in [0.15, 0.2) is 0 Å². The fourth-order valence-electron chi connectivity index (χ4n) is 2.39. The van der Waals surface area contributed by atoms with Crippen LogP contribution in [0.5, 0.6) is 0 Å². The molecule has 0 radical (unpaired) electrons. The third kappa shape index (κ3) is 4.43. The van der Waals surface area contributed by atoms with Crippen LogP contribution in [0.25, 0.3) is 0 Å². The Hall–Kier alpha value is 0.280. The second-order valence-electron chi connectivity index (χ2n) is 5.27. The van der Waals surface area contributed by atoms with E-state index in [-0.39, 0.29) is 0 Å². The van der Waals surface area contributed by atoms with E-state index >= 15 is 0 Å². The first-order valence-corrected chi connectivity index (χ1v) is 8.59. The van der Waals surface area contributed by atoms with Crippen LogP contribution in [0.4, 0.5) is 0 Å². The number of hydrogen-bond donors (Lipinski definition) is 1. The van der Waals surface area contributed by atoms with Gasteiger partial charge in [-0.3, -0.25) is 4.90 Å². The van der Waals surface area contributed by atoms with E-state index < -0.39 is 0 Å². The third-order valence-electron chi connectivity index (χ3n) is 3.55. The monoisotopic (exact) mass is 379 g/mol. The Labute approximate surface area is 128 Å². The molecule has 1 aromatic heterocycles. The van der Waals surface area contributed by atoms with Gasteiger partial charge in [0.2, 0.25) is 0 Å². The van der Waals surface area contributed by atoms with E-state index in [2.05, 4.69) is 51.6 Å². The minimum Gasteiger partial charge on any atom is -0.317 e. The van der Waals surface area contributed by atoms with Crippen molar-refractivity contribution in [1.29, 1.82) is 0 Å². The quantitative estimate of drug-likeness (QED) is 0.798. The highest BCUT2D eigenvalue weighted by Gasteiger charge is 2.19. The molecule has 0 spiro atoms. The van der Waals surface area contributed by atoms with Crippen molar-refractivity contribution in [3.63, 3.8) is 0 Å². The number of hydrogen-bond acceptors (Lipinski definition) is 4. The molecule has 0 atom stereocenters. The first-order valence-electron chi connectivity index (χ1n) is 6.70. The van der Waals surface area contributed by atoms with Crippen molar-refractivity contribution in [1.82, 2.24) is 15.2 Å². The van der Waals surface area contributed by atoms with E-state index in [0.29, 0.717) is 6.04 Å². The number of nitrogens with zero attached hydrogens (tertiary/aromatic N) is 2. The summed E-state index contributed by atoms with van der Waals surface area (Å²) in [6.07, 6.45) is 4.61. The summed E-state index contributed by atoms with van der Waals surface area (Å²) in [5.41, 5.74) is 0. The maximum atomic E-state index is 4.49. The van der Waals surface area contributed by atoms with Gasteiger partial charge < -0.3 is 5.32 Å². The zero-order valence-corrected chi connectivity index (χ0v) is 14.1. The van der Waals surface area contributed by atoms with Crippen LogP contribution in [0.1, 0.15) is 31.7 Å². The molecule has 2 heterocycles.